The lowest BCUT2D eigenvalue weighted by molar-refractivity contribution is 0.637. The third-order valence-corrected chi connectivity index (χ3v) is 4.11. The van der Waals surface area contributed by atoms with E-state index < -0.39 is 0 Å². The molecule has 2 nitrogen and oxygen atoms in total. The van der Waals surface area contributed by atoms with Gasteiger partial charge >= 0.3 is 0 Å². The van der Waals surface area contributed by atoms with Gasteiger partial charge in [-0.3, -0.25) is 0 Å². The number of nitrogen functional groups attached to an aromatic ring is 1. The van der Waals surface area contributed by atoms with Crippen molar-refractivity contribution in [3.63, 3.8) is 0 Å². The van der Waals surface area contributed by atoms with Gasteiger partial charge in [0.2, 0.25) is 0 Å². The Bertz CT molecular complexity index is 400. The molecule has 2 heteroatoms. The van der Waals surface area contributed by atoms with Crippen LogP contribution in [0.3, 0.4) is 0 Å². The van der Waals surface area contributed by atoms with Gasteiger partial charge in [-0.15, -0.1) is 0 Å². The summed E-state index contributed by atoms with van der Waals surface area (Å²) >= 11 is 0. The number of fused-ring (bicyclic) bond motifs is 1. The summed E-state index contributed by atoms with van der Waals surface area (Å²) in [6, 6.07) is 6.35. The molecule has 0 amide bonds. The molecule has 16 heavy (non-hydrogen) atoms. The first-order valence-corrected chi connectivity index (χ1v) is 6.38. The predicted molar refractivity (Wildman–Crippen MR) is 68.7 cm³/mol. The molecule has 3 rings (SSSR count). The summed E-state index contributed by atoms with van der Waals surface area (Å²) in [5.41, 5.74) is 9.80. The predicted octanol–water partition coefficient (Wildman–Crippen LogP) is 2.68. The van der Waals surface area contributed by atoms with Crippen molar-refractivity contribution in [3.05, 3.63) is 23.8 Å². The average molecular weight is 216 g/mol. The maximum Gasteiger partial charge on any atom is 0.0419 e. The molecule has 0 radical (unpaired) electrons. The van der Waals surface area contributed by atoms with E-state index in [1.807, 2.05) is 6.07 Å². The maximum atomic E-state index is 6.05. The van der Waals surface area contributed by atoms with Crippen LogP contribution in [0.5, 0.6) is 0 Å². The van der Waals surface area contributed by atoms with Gasteiger partial charge in [0.05, 0.1) is 0 Å². The number of anilines is 2. The van der Waals surface area contributed by atoms with Gasteiger partial charge in [0, 0.05) is 24.5 Å². The third-order valence-electron chi connectivity index (χ3n) is 4.11. The van der Waals surface area contributed by atoms with Crippen LogP contribution in [0.2, 0.25) is 0 Å². The Hall–Kier alpha value is -1.18. The molecule has 0 bridgehead atoms. The minimum absolute atomic E-state index is 0.924. The largest absolute Gasteiger partial charge is 0.398 e. The van der Waals surface area contributed by atoms with Crippen molar-refractivity contribution < 1.29 is 0 Å². The molecule has 1 fully saturated rings. The van der Waals surface area contributed by atoms with E-state index in [1.165, 1.54) is 37.2 Å². The first kappa shape index (κ1) is 10.0. The molecule has 1 aromatic carbocycles. The van der Waals surface area contributed by atoms with Gasteiger partial charge in [0.25, 0.3) is 0 Å². The Morgan fingerprint density at radius 1 is 1.44 bits per heavy atom. The van der Waals surface area contributed by atoms with Gasteiger partial charge < -0.3 is 10.6 Å². The first-order valence-electron chi connectivity index (χ1n) is 6.38. The van der Waals surface area contributed by atoms with Crippen molar-refractivity contribution in [1.82, 2.24) is 0 Å². The van der Waals surface area contributed by atoms with E-state index >= 15 is 0 Å². The zero-order valence-electron chi connectivity index (χ0n) is 9.95. The molecule has 1 aromatic rings. The Balaban J connectivity index is 1.85. The van der Waals surface area contributed by atoms with Crippen LogP contribution in [0.1, 0.15) is 25.3 Å². The van der Waals surface area contributed by atoms with Crippen molar-refractivity contribution in [3.8, 4) is 0 Å². The molecular weight excluding hydrogens is 196 g/mol. The minimum Gasteiger partial charge on any atom is -0.398 e. The van der Waals surface area contributed by atoms with Gasteiger partial charge in [0.15, 0.2) is 0 Å². The number of benzene rings is 1. The molecule has 0 saturated heterocycles. The van der Waals surface area contributed by atoms with Crippen molar-refractivity contribution >= 4 is 11.4 Å². The van der Waals surface area contributed by atoms with E-state index in [1.54, 1.807) is 0 Å². The fourth-order valence-electron chi connectivity index (χ4n) is 2.85. The molecule has 2 aliphatic rings. The van der Waals surface area contributed by atoms with E-state index in [0.717, 1.165) is 23.9 Å². The number of hydrogen-bond donors (Lipinski definition) is 1. The van der Waals surface area contributed by atoms with Crippen molar-refractivity contribution in [2.45, 2.75) is 26.2 Å². The molecule has 1 saturated carbocycles. The maximum absolute atomic E-state index is 6.05. The zero-order chi connectivity index (χ0) is 11.1. The second kappa shape index (κ2) is 3.69. The van der Waals surface area contributed by atoms with Crippen LogP contribution in [0.15, 0.2) is 18.2 Å². The van der Waals surface area contributed by atoms with Crippen molar-refractivity contribution in [1.29, 1.82) is 0 Å². The summed E-state index contributed by atoms with van der Waals surface area (Å²) in [4.78, 5) is 2.54. The Labute approximate surface area is 97.4 Å². The van der Waals surface area contributed by atoms with Crippen LogP contribution in [-0.2, 0) is 6.42 Å². The summed E-state index contributed by atoms with van der Waals surface area (Å²) in [7, 11) is 0. The Kier molecular flexibility index (Phi) is 2.31. The van der Waals surface area contributed by atoms with Crippen LogP contribution >= 0.6 is 0 Å². The lowest BCUT2D eigenvalue weighted by Crippen LogP contribution is -2.31. The SMILES string of the molecule is CC1CC1CN1CCCc2c(N)cccc21. The Morgan fingerprint density at radius 2 is 2.25 bits per heavy atom. The summed E-state index contributed by atoms with van der Waals surface area (Å²) < 4.78 is 0. The van der Waals surface area contributed by atoms with Gasteiger partial charge in [-0.2, -0.15) is 0 Å². The molecule has 1 aliphatic heterocycles. The second-order valence-corrected chi connectivity index (χ2v) is 5.37. The van der Waals surface area contributed by atoms with Gasteiger partial charge in [-0.25, -0.2) is 0 Å². The van der Waals surface area contributed by atoms with Gasteiger partial charge in [-0.05, 0) is 48.8 Å². The van der Waals surface area contributed by atoms with Crippen LogP contribution in [0.4, 0.5) is 11.4 Å². The quantitative estimate of drug-likeness (QED) is 0.770. The fraction of sp³-hybridized carbons (Fsp3) is 0.571. The van der Waals surface area contributed by atoms with Crippen LogP contribution in [0, 0.1) is 11.8 Å². The molecule has 0 spiro atoms. The zero-order valence-corrected chi connectivity index (χ0v) is 9.95. The lowest BCUT2D eigenvalue weighted by atomic mass is 9.99. The highest BCUT2D eigenvalue weighted by molar-refractivity contribution is 5.66. The smallest absolute Gasteiger partial charge is 0.0419 e. The fourth-order valence-corrected chi connectivity index (χ4v) is 2.85. The monoisotopic (exact) mass is 216 g/mol. The highest BCUT2D eigenvalue weighted by Crippen LogP contribution is 2.40. The Morgan fingerprint density at radius 3 is 3.00 bits per heavy atom. The molecule has 86 valence electrons. The summed E-state index contributed by atoms with van der Waals surface area (Å²) in [5.74, 6) is 1.86. The number of rotatable bonds is 2. The second-order valence-electron chi connectivity index (χ2n) is 5.37. The van der Waals surface area contributed by atoms with Crippen molar-refractivity contribution in [2.75, 3.05) is 23.7 Å². The number of nitrogens with zero attached hydrogens (tertiary/aromatic N) is 1. The van der Waals surface area contributed by atoms with Crippen LogP contribution in [-0.4, -0.2) is 13.1 Å². The normalized spacial score (nSPS) is 27.7. The molecule has 1 aliphatic carbocycles. The first-order chi connectivity index (χ1) is 7.75. The highest BCUT2D eigenvalue weighted by atomic mass is 15.1. The van der Waals surface area contributed by atoms with Crippen molar-refractivity contribution in [2.24, 2.45) is 11.8 Å². The third kappa shape index (κ3) is 1.66. The van der Waals surface area contributed by atoms with E-state index in [-0.39, 0.29) is 0 Å². The van der Waals surface area contributed by atoms with E-state index in [4.69, 9.17) is 5.73 Å². The average Bonchev–Trinajstić information content (AvgIpc) is 2.96. The van der Waals surface area contributed by atoms with E-state index in [2.05, 4.69) is 24.0 Å². The van der Waals surface area contributed by atoms with E-state index in [9.17, 15) is 0 Å². The molecule has 2 N–H and O–H groups in total. The van der Waals surface area contributed by atoms with Gasteiger partial charge in [0.1, 0.15) is 0 Å². The van der Waals surface area contributed by atoms with E-state index in [0.29, 0.717) is 0 Å². The topological polar surface area (TPSA) is 29.3 Å². The molecular formula is C14H20N2. The summed E-state index contributed by atoms with van der Waals surface area (Å²) in [6.07, 6.45) is 3.81. The molecule has 1 heterocycles. The molecule has 2 atom stereocenters. The number of nitrogens with two attached hydrogens (primary N) is 1. The summed E-state index contributed by atoms with van der Waals surface area (Å²) in [5, 5.41) is 0. The van der Waals surface area contributed by atoms with Crippen LogP contribution < -0.4 is 10.6 Å². The van der Waals surface area contributed by atoms with Crippen LogP contribution in [0.25, 0.3) is 0 Å². The highest BCUT2D eigenvalue weighted by Gasteiger charge is 2.34. The lowest BCUT2D eigenvalue weighted by Gasteiger charge is -2.32. The van der Waals surface area contributed by atoms with Gasteiger partial charge in [-0.1, -0.05) is 13.0 Å². The standard InChI is InChI=1S/C14H20N2/c1-10-8-11(10)9-16-7-3-4-12-13(15)5-2-6-14(12)16/h2,5-6,10-11H,3-4,7-9,15H2,1H3. The molecule has 0 aromatic heterocycles. The summed E-state index contributed by atoms with van der Waals surface area (Å²) in [6.45, 7) is 4.80. The minimum atomic E-state index is 0.924. The number of hydrogen-bond acceptors (Lipinski definition) is 2. The molecule has 2 unspecified atom stereocenters.